The van der Waals surface area contributed by atoms with E-state index in [1.54, 1.807) is 7.11 Å². The second-order valence-electron chi connectivity index (χ2n) is 6.30. The Hall–Kier alpha value is -1.81. The van der Waals surface area contributed by atoms with E-state index in [9.17, 15) is 4.79 Å². The van der Waals surface area contributed by atoms with Gasteiger partial charge in [0.05, 0.1) is 0 Å². The molecule has 0 atom stereocenters. The number of aromatic nitrogens is 1. The van der Waals surface area contributed by atoms with Crippen LogP contribution >= 0.6 is 0 Å². The fraction of sp³-hybridized carbons (Fsp3) is 0.500. The monoisotopic (exact) mass is 300 g/mol. The maximum absolute atomic E-state index is 11.9. The third-order valence-corrected chi connectivity index (χ3v) is 4.78. The SMILES string of the molecule is COCC(=O)N1CCC(c2[nH]c3ccc(C)cc3c2C)CC1. The molecule has 1 aliphatic heterocycles. The maximum atomic E-state index is 11.9. The standard InChI is InChI=1S/C18H24N2O2/c1-12-4-5-16-15(10-12)13(2)18(19-16)14-6-8-20(9-7-14)17(21)11-22-3/h4-5,10,14,19H,6-9,11H2,1-3H3. The van der Waals surface area contributed by atoms with E-state index in [-0.39, 0.29) is 12.5 Å². The lowest BCUT2D eigenvalue weighted by Crippen LogP contribution is -2.39. The van der Waals surface area contributed by atoms with Crippen LogP contribution in [0.5, 0.6) is 0 Å². The third-order valence-electron chi connectivity index (χ3n) is 4.78. The van der Waals surface area contributed by atoms with Crippen molar-refractivity contribution in [2.24, 2.45) is 0 Å². The van der Waals surface area contributed by atoms with Crippen LogP contribution in [0.1, 0.15) is 35.6 Å². The summed E-state index contributed by atoms with van der Waals surface area (Å²) in [6.07, 6.45) is 2.03. The van der Waals surface area contributed by atoms with Crippen molar-refractivity contribution in [2.45, 2.75) is 32.6 Å². The summed E-state index contributed by atoms with van der Waals surface area (Å²) in [5.41, 5.74) is 5.22. The first-order valence-corrected chi connectivity index (χ1v) is 7.95. The van der Waals surface area contributed by atoms with Gasteiger partial charge in [0, 0.05) is 42.7 Å². The molecule has 1 aliphatic rings. The number of piperidine rings is 1. The van der Waals surface area contributed by atoms with Crippen LogP contribution in [-0.4, -0.2) is 42.6 Å². The van der Waals surface area contributed by atoms with Gasteiger partial charge in [-0.2, -0.15) is 0 Å². The molecule has 3 rings (SSSR count). The van der Waals surface area contributed by atoms with Crippen molar-refractivity contribution in [3.63, 3.8) is 0 Å². The van der Waals surface area contributed by atoms with Gasteiger partial charge in [-0.15, -0.1) is 0 Å². The van der Waals surface area contributed by atoms with Crippen molar-refractivity contribution < 1.29 is 9.53 Å². The molecule has 118 valence electrons. The smallest absolute Gasteiger partial charge is 0.248 e. The molecule has 1 aromatic heterocycles. The lowest BCUT2D eigenvalue weighted by Gasteiger charge is -2.32. The molecule has 0 spiro atoms. The topological polar surface area (TPSA) is 45.3 Å². The van der Waals surface area contributed by atoms with Crippen LogP contribution in [0.15, 0.2) is 18.2 Å². The normalized spacial score (nSPS) is 16.4. The molecular formula is C18H24N2O2. The number of aryl methyl sites for hydroxylation is 2. The molecular weight excluding hydrogens is 276 g/mol. The summed E-state index contributed by atoms with van der Waals surface area (Å²) in [6.45, 7) is 6.16. The van der Waals surface area contributed by atoms with Crippen molar-refractivity contribution in [3.8, 4) is 0 Å². The van der Waals surface area contributed by atoms with E-state index in [0.717, 1.165) is 25.9 Å². The number of carbonyl (C=O) groups excluding carboxylic acids is 1. The van der Waals surface area contributed by atoms with E-state index < -0.39 is 0 Å². The highest BCUT2D eigenvalue weighted by Gasteiger charge is 2.26. The Kier molecular flexibility index (Phi) is 4.21. The fourth-order valence-corrected chi connectivity index (χ4v) is 3.50. The van der Waals surface area contributed by atoms with Crippen molar-refractivity contribution in [1.29, 1.82) is 0 Å². The Morgan fingerprint density at radius 3 is 2.73 bits per heavy atom. The number of fused-ring (bicyclic) bond motifs is 1. The summed E-state index contributed by atoms with van der Waals surface area (Å²) in [7, 11) is 1.57. The Morgan fingerprint density at radius 2 is 2.05 bits per heavy atom. The molecule has 4 nitrogen and oxygen atoms in total. The number of H-pyrrole nitrogens is 1. The molecule has 0 aliphatic carbocycles. The van der Waals surface area contributed by atoms with Crippen molar-refractivity contribution in [3.05, 3.63) is 35.0 Å². The van der Waals surface area contributed by atoms with Gasteiger partial charge in [0.25, 0.3) is 0 Å². The maximum Gasteiger partial charge on any atom is 0.248 e. The zero-order chi connectivity index (χ0) is 15.7. The molecule has 0 radical (unpaired) electrons. The van der Waals surface area contributed by atoms with Gasteiger partial charge in [-0.3, -0.25) is 4.79 Å². The molecule has 0 unspecified atom stereocenters. The second-order valence-corrected chi connectivity index (χ2v) is 6.30. The fourth-order valence-electron chi connectivity index (χ4n) is 3.50. The number of nitrogens with zero attached hydrogens (tertiary/aromatic N) is 1. The number of amides is 1. The summed E-state index contributed by atoms with van der Waals surface area (Å²) in [5, 5.41) is 1.33. The first kappa shape index (κ1) is 15.1. The molecule has 1 N–H and O–H groups in total. The highest BCUT2D eigenvalue weighted by Crippen LogP contribution is 2.33. The third kappa shape index (κ3) is 2.75. The minimum absolute atomic E-state index is 0.102. The van der Waals surface area contributed by atoms with E-state index in [2.05, 4.69) is 37.0 Å². The molecule has 2 aromatic rings. The van der Waals surface area contributed by atoms with Crippen LogP contribution in [0, 0.1) is 13.8 Å². The lowest BCUT2D eigenvalue weighted by molar-refractivity contribution is -0.136. The number of carbonyl (C=O) groups is 1. The van der Waals surface area contributed by atoms with E-state index in [1.165, 1.54) is 27.7 Å². The number of methoxy groups -OCH3 is 1. The Balaban J connectivity index is 1.76. The minimum atomic E-state index is 0.102. The van der Waals surface area contributed by atoms with Crippen molar-refractivity contribution in [1.82, 2.24) is 9.88 Å². The lowest BCUT2D eigenvalue weighted by atomic mass is 9.91. The molecule has 2 heterocycles. The number of aromatic amines is 1. The van der Waals surface area contributed by atoms with Gasteiger partial charge in [-0.1, -0.05) is 11.6 Å². The second kappa shape index (κ2) is 6.13. The summed E-state index contributed by atoms with van der Waals surface area (Å²) in [4.78, 5) is 17.4. The van der Waals surface area contributed by atoms with Crippen LogP contribution < -0.4 is 0 Å². The number of nitrogens with one attached hydrogen (secondary N) is 1. The quantitative estimate of drug-likeness (QED) is 0.946. The molecule has 1 saturated heterocycles. The first-order chi connectivity index (χ1) is 10.6. The zero-order valence-corrected chi connectivity index (χ0v) is 13.6. The molecule has 0 bridgehead atoms. The van der Waals surface area contributed by atoms with Crippen molar-refractivity contribution >= 4 is 16.8 Å². The average molecular weight is 300 g/mol. The van der Waals surface area contributed by atoms with Crippen LogP contribution in [0.4, 0.5) is 0 Å². The summed E-state index contributed by atoms with van der Waals surface area (Å²) >= 11 is 0. The van der Waals surface area contributed by atoms with Crippen LogP contribution in [0.2, 0.25) is 0 Å². The van der Waals surface area contributed by atoms with Crippen LogP contribution in [-0.2, 0) is 9.53 Å². The number of benzene rings is 1. The number of ether oxygens (including phenoxy) is 1. The van der Waals surface area contributed by atoms with E-state index in [0.29, 0.717) is 5.92 Å². The highest BCUT2D eigenvalue weighted by molar-refractivity contribution is 5.85. The Bertz CT molecular complexity index is 682. The molecule has 1 amide bonds. The summed E-state index contributed by atoms with van der Waals surface area (Å²) in [5.74, 6) is 0.615. The van der Waals surface area contributed by atoms with Gasteiger partial charge in [-0.05, 0) is 44.4 Å². The average Bonchev–Trinajstić information content (AvgIpc) is 2.84. The van der Waals surface area contributed by atoms with E-state index in [1.807, 2.05) is 4.90 Å². The number of likely N-dealkylation sites (tertiary alicyclic amines) is 1. The van der Waals surface area contributed by atoms with Gasteiger partial charge < -0.3 is 14.6 Å². The Labute approximate surface area is 131 Å². The number of rotatable bonds is 3. The Morgan fingerprint density at radius 1 is 1.32 bits per heavy atom. The van der Waals surface area contributed by atoms with Gasteiger partial charge in [0.15, 0.2) is 0 Å². The van der Waals surface area contributed by atoms with Gasteiger partial charge in [0.1, 0.15) is 6.61 Å². The zero-order valence-electron chi connectivity index (χ0n) is 13.6. The number of hydrogen-bond acceptors (Lipinski definition) is 2. The van der Waals surface area contributed by atoms with E-state index in [4.69, 9.17) is 4.74 Å². The molecule has 4 heteroatoms. The minimum Gasteiger partial charge on any atom is -0.375 e. The first-order valence-electron chi connectivity index (χ1n) is 7.95. The predicted octanol–water partition coefficient (Wildman–Crippen LogP) is 3.14. The molecule has 1 aromatic carbocycles. The van der Waals surface area contributed by atoms with Gasteiger partial charge in [0.2, 0.25) is 5.91 Å². The highest BCUT2D eigenvalue weighted by atomic mass is 16.5. The van der Waals surface area contributed by atoms with Gasteiger partial charge in [-0.25, -0.2) is 0 Å². The summed E-state index contributed by atoms with van der Waals surface area (Å²) < 4.78 is 4.94. The largest absolute Gasteiger partial charge is 0.375 e. The van der Waals surface area contributed by atoms with Gasteiger partial charge >= 0.3 is 0 Å². The number of hydrogen-bond donors (Lipinski definition) is 1. The van der Waals surface area contributed by atoms with E-state index >= 15 is 0 Å². The van der Waals surface area contributed by atoms with Crippen molar-refractivity contribution in [2.75, 3.05) is 26.8 Å². The summed E-state index contributed by atoms with van der Waals surface area (Å²) in [6, 6.07) is 6.56. The molecule has 0 saturated carbocycles. The van der Waals surface area contributed by atoms with Crippen LogP contribution in [0.25, 0.3) is 10.9 Å². The molecule has 22 heavy (non-hydrogen) atoms. The molecule has 1 fully saturated rings. The van der Waals surface area contributed by atoms with Crippen LogP contribution in [0.3, 0.4) is 0 Å². The predicted molar refractivity (Wildman–Crippen MR) is 88.2 cm³/mol.